The first kappa shape index (κ1) is 18.3. The van der Waals surface area contributed by atoms with Crippen molar-refractivity contribution in [3.63, 3.8) is 0 Å². The van der Waals surface area contributed by atoms with Crippen LogP contribution in [0.4, 0.5) is 11.4 Å². The van der Waals surface area contributed by atoms with Crippen LogP contribution < -0.4 is 18.5 Å². The van der Waals surface area contributed by atoms with Crippen molar-refractivity contribution in [1.29, 1.82) is 0 Å². The highest BCUT2D eigenvalue weighted by Crippen LogP contribution is 2.34. The zero-order valence-electron chi connectivity index (χ0n) is 14.2. The number of hydrogen-bond acceptors (Lipinski definition) is 6. The van der Waals surface area contributed by atoms with Crippen molar-refractivity contribution in [2.45, 2.75) is 4.90 Å². The van der Waals surface area contributed by atoms with Crippen LogP contribution in [0.25, 0.3) is 0 Å². The molecule has 0 atom stereocenters. The van der Waals surface area contributed by atoms with Crippen molar-refractivity contribution in [3.8, 4) is 11.5 Å². The lowest BCUT2D eigenvalue weighted by Crippen LogP contribution is -2.27. The molecule has 3 rings (SSSR count). The van der Waals surface area contributed by atoms with E-state index >= 15 is 0 Å². The van der Waals surface area contributed by atoms with Crippen molar-refractivity contribution in [2.24, 2.45) is 0 Å². The Balaban J connectivity index is 1.87. The molecule has 0 saturated carbocycles. The standard InChI is InChI=1S/C16H18N2O6S2/c1-18(13-5-3-12(4-6-13)17-25(2,19)20)26(21,22)14-7-8-15-16(11-14)24-10-9-23-15/h3-8,11,17H,9-10H2,1-2H3. The van der Waals surface area contributed by atoms with Gasteiger partial charge in [-0.1, -0.05) is 0 Å². The maximum absolute atomic E-state index is 12.9. The number of nitrogens with zero attached hydrogens (tertiary/aromatic N) is 1. The molecule has 8 nitrogen and oxygen atoms in total. The molecule has 1 aliphatic heterocycles. The second-order valence-corrected chi connectivity index (χ2v) is 9.42. The van der Waals surface area contributed by atoms with Crippen LogP contribution in [0.2, 0.25) is 0 Å². The Kier molecular flexibility index (Phi) is 4.72. The second kappa shape index (κ2) is 6.69. The van der Waals surface area contributed by atoms with Crippen LogP contribution in [0.1, 0.15) is 0 Å². The number of sulfonamides is 2. The molecule has 2 aromatic carbocycles. The summed E-state index contributed by atoms with van der Waals surface area (Å²) in [5, 5.41) is 0. The van der Waals surface area contributed by atoms with Crippen molar-refractivity contribution in [2.75, 3.05) is 35.5 Å². The van der Waals surface area contributed by atoms with E-state index in [1.54, 1.807) is 6.07 Å². The van der Waals surface area contributed by atoms with Crippen LogP contribution in [-0.4, -0.2) is 43.4 Å². The van der Waals surface area contributed by atoms with Crippen molar-refractivity contribution < 1.29 is 26.3 Å². The summed E-state index contributed by atoms with van der Waals surface area (Å²) in [4.78, 5) is 0.0718. The van der Waals surface area contributed by atoms with Gasteiger partial charge in [-0.3, -0.25) is 9.03 Å². The van der Waals surface area contributed by atoms with Gasteiger partial charge in [0, 0.05) is 18.8 Å². The lowest BCUT2D eigenvalue weighted by molar-refractivity contribution is 0.171. The molecular weight excluding hydrogens is 380 g/mol. The van der Waals surface area contributed by atoms with Crippen molar-refractivity contribution >= 4 is 31.4 Å². The van der Waals surface area contributed by atoms with Gasteiger partial charge < -0.3 is 9.47 Å². The van der Waals surface area contributed by atoms with E-state index in [-0.39, 0.29) is 4.90 Å². The number of fused-ring (bicyclic) bond motifs is 1. The molecule has 1 heterocycles. The van der Waals surface area contributed by atoms with Gasteiger partial charge in [-0.2, -0.15) is 0 Å². The first-order valence-electron chi connectivity index (χ1n) is 7.63. The molecule has 1 N–H and O–H groups in total. The van der Waals surface area contributed by atoms with Crippen molar-refractivity contribution in [1.82, 2.24) is 0 Å². The summed E-state index contributed by atoms with van der Waals surface area (Å²) in [5.74, 6) is 0.896. The smallest absolute Gasteiger partial charge is 0.264 e. The molecule has 26 heavy (non-hydrogen) atoms. The Hall–Kier alpha value is -2.46. The third kappa shape index (κ3) is 3.86. The molecule has 0 bridgehead atoms. The third-order valence-corrected chi connectivity index (χ3v) is 6.09. The molecule has 140 valence electrons. The van der Waals surface area contributed by atoms with E-state index in [0.717, 1.165) is 10.6 Å². The molecule has 0 aromatic heterocycles. The maximum Gasteiger partial charge on any atom is 0.264 e. The van der Waals surface area contributed by atoms with Crippen LogP contribution >= 0.6 is 0 Å². The molecule has 0 spiro atoms. The van der Waals surface area contributed by atoms with Gasteiger partial charge in [-0.05, 0) is 36.4 Å². The minimum Gasteiger partial charge on any atom is -0.486 e. The molecule has 0 aliphatic carbocycles. The normalized spacial score (nSPS) is 13.9. The Morgan fingerprint density at radius 3 is 2.15 bits per heavy atom. The lowest BCUT2D eigenvalue weighted by Gasteiger charge is -2.22. The SMILES string of the molecule is CN(c1ccc(NS(C)(=O)=O)cc1)S(=O)(=O)c1ccc2c(c1)OCCO2. The number of anilines is 2. The molecule has 2 aromatic rings. The summed E-state index contributed by atoms with van der Waals surface area (Å²) < 4.78 is 62.5. The van der Waals surface area contributed by atoms with E-state index in [4.69, 9.17) is 9.47 Å². The molecular formula is C16H18N2O6S2. The maximum atomic E-state index is 12.9. The summed E-state index contributed by atoms with van der Waals surface area (Å²) in [7, 11) is -5.79. The van der Waals surface area contributed by atoms with E-state index in [1.807, 2.05) is 0 Å². The fraction of sp³-hybridized carbons (Fsp3) is 0.250. The van der Waals surface area contributed by atoms with Crippen LogP contribution in [-0.2, 0) is 20.0 Å². The van der Waals surface area contributed by atoms with Gasteiger partial charge in [0.05, 0.1) is 16.8 Å². The fourth-order valence-corrected chi connectivity index (χ4v) is 4.21. The van der Waals surface area contributed by atoms with E-state index < -0.39 is 20.0 Å². The van der Waals surface area contributed by atoms with Crippen LogP contribution in [0, 0.1) is 0 Å². The highest BCUT2D eigenvalue weighted by Gasteiger charge is 2.24. The zero-order chi connectivity index (χ0) is 18.9. The Labute approximate surface area is 152 Å². The molecule has 0 fully saturated rings. The second-order valence-electron chi connectivity index (χ2n) is 5.70. The molecule has 10 heteroatoms. The average molecular weight is 398 g/mol. The topological polar surface area (TPSA) is 102 Å². The Morgan fingerprint density at radius 1 is 0.923 bits per heavy atom. The monoisotopic (exact) mass is 398 g/mol. The van der Waals surface area contributed by atoms with Gasteiger partial charge >= 0.3 is 0 Å². The lowest BCUT2D eigenvalue weighted by atomic mass is 10.3. The predicted octanol–water partition coefficient (Wildman–Crippen LogP) is 1.65. The minimum atomic E-state index is -3.81. The summed E-state index contributed by atoms with van der Waals surface area (Å²) in [6.45, 7) is 0.786. The molecule has 0 saturated heterocycles. The van der Waals surface area contributed by atoms with E-state index in [0.29, 0.717) is 36.1 Å². The Morgan fingerprint density at radius 2 is 1.54 bits per heavy atom. The minimum absolute atomic E-state index is 0.0718. The Bertz CT molecular complexity index is 1020. The summed E-state index contributed by atoms with van der Waals surface area (Å²) in [6.07, 6.45) is 1.04. The van der Waals surface area contributed by atoms with Gasteiger partial charge in [0.15, 0.2) is 11.5 Å². The van der Waals surface area contributed by atoms with Gasteiger partial charge in [0.2, 0.25) is 10.0 Å². The van der Waals surface area contributed by atoms with Gasteiger partial charge in [0.25, 0.3) is 10.0 Å². The quantitative estimate of drug-likeness (QED) is 0.822. The van der Waals surface area contributed by atoms with E-state index in [9.17, 15) is 16.8 Å². The van der Waals surface area contributed by atoms with Crippen LogP contribution in [0.3, 0.4) is 0 Å². The van der Waals surface area contributed by atoms with Crippen LogP contribution in [0.5, 0.6) is 11.5 Å². The fourth-order valence-electron chi connectivity index (χ4n) is 2.43. The number of ether oxygens (including phenoxy) is 2. The van der Waals surface area contributed by atoms with Gasteiger partial charge in [-0.15, -0.1) is 0 Å². The number of nitrogens with one attached hydrogen (secondary N) is 1. The summed E-state index contributed by atoms with van der Waals surface area (Å²) in [6, 6.07) is 10.5. The van der Waals surface area contributed by atoms with Crippen LogP contribution in [0.15, 0.2) is 47.4 Å². The molecule has 0 amide bonds. The third-order valence-electron chi connectivity index (χ3n) is 3.71. The van der Waals surface area contributed by atoms with E-state index in [2.05, 4.69) is 4.72 Å². The largest absolute Gasteiger partial charge is 0.486 e. The first-order valence-corrected chi connectivity index (χ1v) is 11.0. The van der Waals surface area contributed by atoms with Gasteiger partial charge in [0.1, 0.15) is 13.2 Å². The summed E-state index contributed by atoms with van der Waals surface area (Å²) >= 11 is 0. The molecule has 0 unspecified atom stereocenters. The highest BCUT2D eigenvalue weighted by molar-refractivity contribution is 7.92. The number of benzene rings is 2. The van der Waals surface area contributed by atoms with E-state index in [1.165, 1.54) is 43.4 Å². The zero-order valence-corrected chi connectivity index (χ0v) is 15.8. The summed E-state index contributed by atoms with van der Waals surface area (Å²) in [5.41, 5.74) is 0.736. The predicted molar refractivity (Wildman–Crippen MR) is 97.9 cm³/mol. The molecule has 1 aliphatic rings. The number of hydrogen-bond donors (Lipinski definition) is 1. The average Bonchev–Trinajstić information content (AvgIpc) is 2.60. The highest BCUT2D eigenvalue weighted by atomic mass is 32.2. The first-order chi connectivity index (χ1) is 12.2. The van der Waals surface area contributed by atoms with Crippen molar-refractivity contribution in [3.05, 3.63) is 42.5 Å². The molecule has 0 radical (unpaired) electrons. The van der Waals surface area contributed by atoms with Gasteiger partial charge in [-0.25, -0.2) is 16.8 Å². The number of rotatable bonds is 5.